The Bertz CT molecular complexity index is 424. The molecule has 0 bridgehead atoms. The van der Waals surface area contributed by atoms with Gasteiger partial charge in [0.15, 0.2) is 0 Å². The summed E-state index contributed by atoms with van der Waals surface area (Å²) in [5, 5.41) is 12.5. The molecule has 0 heterocycles. The molecule has 4 heteroatoms. The van der Waals surface area contributed by atoms with Crippen LogP contribution in [0.25, 0.3) is 0 Å². The zero-order chi connectivity index (χ0) is 13.5. The van der Waals surface area contributed by atoms with E-state index in [-0.39, 0.29) is 0 Å². The average molecular weight is 248 g/mol. The van der Waals surface area contributed by atoms with Gasteiger partial charge in [-0.25, -0.2) is 0 Å². The van der Waals surface area contributed by atoms with E-state index in [1.807, 2.05) is 18.2 Å². The van der Waals surface area contributed by atoms with Crippen molar-refractivity contribution in [3.8, 4) is 17.6 Å². The number of benzene rings is 1. The molecule has 0 radical (unpaired) electrons. The molecule has 1 rings (SSSR count). The van der Waals surface area contributed by atoms with Crippen molar-refractivity contribution in [1.29, 1.82) is 5.26 Å². The van der Waals surface area contributed by atoms with E-state index in [1.165, 1.54) is 0 Å². The molecule has 0 spiro atoms. The van der Waals surface area contributed by atoms with Crippen molar-refractivity contribution in [2.45, 2.75) is 19.9 Å². The third-order valence-corrected chi connectivity index (χ3v) is 2.61. The molecule has 1 aromatic carbocycles. The van der Waals surface area contributed by atoms with Crippen LogP contribution in [0.5, 0.6) is 11.5 Å². The Morgan fingerprint density at radius 2 is 2.00 bits per heavy atom. The number of ether oxygens (including phenoxy) is 2. The van der Waals surface area contributed by atoms with E-state index in [9.17, 15) is 5.26 Å². The first-order valence-electron chi connectivity index (χ1n) is 5.97. The number of hydrogen-bond acceptors (Lipinski definition) is 4. The highest BCUT2D eigenvalue weighted by atomic mass is 16.5. The fourth-order valence-corrected chi connectivity index (χ4v) is 1.64. The molecule has 98 valence electrons. The summed E-state index contributed by atoms with van der Waals surface area (Å²) in [6, 6.07) is 7.33. The molecule has 0 fully saturated rings. The summed E-state index contributed by atoms with van der Waals surface area (Å²) in [6.45, 7) is 4.98. The Balaban J connectivity index is 2.99. The molecular weight excluding hydrogens is 228 g/mol. The summed E-state index contributed by atoms with van der Waals surface area (Å²) in [7, 11) is 3.21. The summed E-state index contributed by atoms with van der Waals surface area (Å²) < 4.78 is 10.5. The predicted molar refractivity (Wildman–Crippen MR) is 70.7 cm³/mol. The Morgan fingerprint density at radius 1 is 1.28 bits per heavy atom. The van der Waals surface area contributed by atoms with E-state index >= 15 is 0 Å². The Labute approximate surface area is 109 Å². The summed E-state index contributed by atoms with van der Waals surface area (Å²) in [4.78, 5) is 0. The minimum Gasteiger partial charge on any atom is -0.497 e. The first-order valence-corrected chi connectivity index (χ1v) is 5.97. The molecular formula is C14H20N2O2. The number of methoxy groups -OCH3 is 2. The topological polar surface area (TPSA) is 54.3 Å². The van der Waals surface area contributed by atoms with E-state index in [4.69, 9.17) is 9.47 Å². The van der Waals surface area contributed by atoms with Crippen LogP contribution in [-0.2, 0) is 0 Å². The number of hydrogen-bond donors (Lipinski definition) is 1. The van der Waals surface area contributed by atoms with E-state index in [0.29, 0.717) is 11.7 Å². The molecule has 1 unspecified atom stereocenters. The average Bonchev–Trinajstić information content (AvgIpc) is 2.38. The van der Waals surface area contributed by atoms with Gasteiger partial charge in [-0.1, -0.05) is 13.8 Å². The zero-order valence-electron chi connectivity index (χ0n) is 11.4. The first-order chi connectivity index (χ1) is 8.62. The van der Waals surface area contributed by atoms with Crippen molar-refractivity contribution in [3.63, 3.8) is 0 Å². The quantitative estimate of drug-likeness (QED) is 0.840. The van der Waals surface area contributed by atoms with Gasteiger partial charge in [0, 0.05) is 5.56 Å². The number of rotatable bonds is 6. The van der Waals surface area contributed by atoms with Gasteiger partial charge < -0.3 is 9.47 Å². The predicted octanol–water partition coefficient (Wildman–Crippen LogP) is 2.51. The molecule has 0 saturated carbocycles. The van der Waals surface area contributed by atoms with Crippen LogP contribution >= 0.6 is 0 Å². The molecule has 0 aliphatic heterocycles. The number of nitriles is 1. The molecule has 0 aliphatic carbocycles. The second-order valence-electron chi connectivity index (χ2n) is 4.47. The Kier molecular flexibility index (Phi) is 5.47. The highest BCUT2D eigenvalue weighted by molar-refractivity contribution is 5.44. The van der Waals surface area contributed by atoms with Gasteiger partial charge in [0.1, 0.15) is 17.5 Å². The van der Waals surface area contributed by atoms with Crippen LogP contribution in [0.15, 0.2) is 18.2 Å². The maximum Gasteiger partial charge on any atom is 0.125 e. The molecule has 1 N–H and O–H groups in total. The van der Waals surface area contributed by atoms with Crippen molar-refractivity contribution in [3.05, 3.63) is 23.8 Å². The Morgan fingerprint density at radius 3 is 2.50 bits per heavy atom. The van der Waals surface area contributed by atoms with Gasteiger partial charge in [-0.3, -0.25) is 5.32 Å². The lowest BCUT2D eigenvalue weighted by atomic mass is 10.1. The molecule has 1 aromatic rings. The van der Waals surface area contributed by atoms with Crippen LogP contribution in [0.2, 0.25) is 0 Å². The van der Waals surface area contributed by atoms with E-state index in [0.717, 1.165) is 17.9 Å². The summed E-state index contributed by atoms with van der Waals surface area (Å²) in [5.41, 5.74) is 0.806. The van der Waals surface area contributed by atoms with Gasteiger partial charge in [-0.15, -0.1) is 0 Å². The van der Waals surface area contributed by atoms with Gasteiger partial charge >= 0.3 is 0 Å². The molecule has 0 saturated heterocycles. The van der Waals surface area contributed by atoms with Crippen molar-refractivity contribution in [2.24, 2.45) is 5.92 Å². The number of nitrogens with zero attached hydrogens (tertiary/aromatic N) is 1. The van der Waals surface area contributed by atoms with Gasteiger partial charge in [-0.05, 0) is 30.7 Å². The van der Waals surface area contributed by atoms with Crippen molar-refractivity contribution < 1.29 is 9.47 Å². The third-order valence-electron chi connectivity index (χ3n) is 2.61. The molecule has 1 atom stereocenters. The van der Waals surface area contributed by atoms with Crippen molar-refractivity contribution in [1.82, 2.24) is 5.32 Å². The summed E-state index contributed by atoms with van der Waals surface area (Å²) in [5.74, 6) is 1.90. The highest BCUT2D eigenvalue weighted by Gasteiger charge is 2.16. The minimum absolute atomic E-state index is 0.391. The lowest BCUT2D eigenvalue weighted by Gasteiger charge is -2.17. The smallest absolute Gasteiger partial charge is 0.125 e. The molecule has 0 amide bonds. The van der Waals surface area contributed by atoms with Crippen LogP contribution in [0.4, 0.5) is 0 Å². The third kappa shape index (κ3) is 3.64. The maximum atomic E-state index is 9.27. The van der Waals surface area contributed by atoms with Crippen LogP contribution < -0.4 is 14.8 Å². The largest absolute Gasteiger partial charge is 0.497 e. The second-order valence-corrected chi connectivity index (χ2v) is 4.47. The number of nitrogens with one attached hydrogen (secondary N) is 1. The molecule has 0 aromatic heterocycles. The van der Waals surface area contributed by atoms with Crippen LogP contribution in [0.1, 0.15) is 25.5 Å². The standard InChI is InChI=1S/C14H20N2O2/c1-10(2)9-16-13(8-15)12-7-11(17-3)5-6-14(12)18-4/h5-7,10,13,16H,9H2,1-4H3. The van der Waals surface area contributed by atoms with Crippen molar-refractivity contribution >= 4 is 0 Å². The zero-order valence-corrected chi connectivity index (χ0v) is 11.4. The van der Waals surface area contributed by atoms with Crippen LogP contribution in [-0.4, -0.2) is 20.8 Å². The summed E-state index contributed by atoms with van der Waals surface area (Å²) in [6.07, 6.45) is 0. The maximum absolute atomic E-state index is 9.27. The van der Waals surface area contributed by atoms with Gasteiger partial charge in [0.2, 0.25) is 0 Å². The minimum atomic E-state index is -0.391. The monoisotopic (exact) mass is 248 g/mol. The van der Waals surface area contributed by atoms with Gasteiger partial charge in [-0.2, -0.15) is 5.26 Å². The fraction of sp³-hybridized carbons (Fsp3) is 0.500. The summed E-state index contributed by atoms with van der Waals surface area (Å²) >= 11 is 0. The lowest BCUT2D eigenvalue weighted by molar-refractivity contribution is 0.393. The van der Waals surface area contributed by atoms with E-state index < -0.39 is 6.04 Å². The molecule has 18 heavy (non-hydrogen) atoms. The highest BCUT2D eigenvalue weighted by Crippen LogP contribution is 2.29. The van der Waals surface area contributed by atoms with Crippen LogP contribution in [0, 0.1) is 17.2 Å². The molecule has 4 nitrogen and oxygen atoms in total. The Hall–Kier alpha value is -1.73. The van der Waals surface area contributed by atoms with Gasteiger partial charge in [0.25, 0.3) is 0 Å². The fourth-order valence-electron chi connectivity index (χ4n) is 1.64. The second kappa shape index (κ2) is 6.87. The van der Waals surface area contributed by atoms with E-state index in [2.05, 4.69) is 25.2 Å². The van der Waals surface area contributed by atoms with Crippen molar-refractivity contribution in [2.75, 3.05) is 20.8 Å². The van der Waals surface area contributed by atoms with Gasteiger partial charge in [0.05, 0.1) is 20.3 Å². The lowest BCUT2D eigenvalue weighted by Crippen LogP contribution is -2.24. The normalized spacial score (nSPS) is 12.0. The first kappa shape index (κ1) is 14.3. The SMILES string of the molecule is COc1ccc(OC)c(C(C#N)NCC(C)C)c1. The van der Waals surface area contributed by atoms with E-state index in [1.54, 1.807) is 14.2 Å². The molecule has 0 aliphatic rings. The van der Waals surface area contributed by atoms with Crippen LogP contribution in [0.3, 0.4) is 0 Å².